The lowest BCUT2D eigenvalue weighted by atomic mass is 10.00. The third kappa shape index (κ3) is 5.90. The van der Waals surface area contributed by atoms with Gasteiger partial charge in [-0.05, 0) is 69.0 Å². The molecule has 0 spiro atoms. The van der Waals surface area contributed by atoms with Gasteiger partial charge in [0.15, 0.2) is 0 Å². The van der Waals surface area contributed by atoms with E-state index in [0.717, 1.165) is 24.0 Å². The Labute approximate surface area is 210 Å². The molecule has 9 heteroatoms. The minimum atomic E-state index is -0.113. The van der Waals surface area contributed by atoms with Crippen molar-refractivity contribution in [2.75, 3.05) is 26.2 Å². The molecular formula is C27H31N5O4. The van der Waals surface area contributed by atoms with Crippen LogP contribution in [-0.4, -0.2) is 64.4 Å². The quantitative estimate of drug-likeness (QED) is 0.495. The molecule has 4 rings (SSSR count). The number of benzene rings is 2. The van der Waals surface area contributed by atoms with Crippen LogP contribution in [0.2, 0.25) is 0 Å². The van der Waals surface area contributed by atoms with Crippen LogP contribution in [0.5, 0.6) is 5.75 Å². The van der Waals surface area contributed by atoms with E-state index in [4.69, 9.17) is 14.4 Å². The van der Waals surface area contributed by atoms with Crippen molar-refractivity contribution in [3.63, 3.8) is 0 Å². The summed E-state index contributed by atoms with van der Waals surface area (Å²) in [6, 6.07) is 13.4. The number of rotatable bonds is 8. The summed E-state index contributed by atoms with van der Waals surface area (Å²) in [4.78, 5) is 19.0. The van der Waals surface area contributed by atoms with Crippen molar-refractivity contribution in [2.24, 2.45) is 0 Å². The molecule has 2 aromatic carbocycles. The highest BCUT2D eigenvalue weighted by Crippen LogP contribution is 2.29. The van der Waals surface area contributed by atoms with E-state index in [9.17, 15) is 10.1 Å². The van der Waals surface area contributed by atoms with Gasteiger partial charge in [-0.1, -0.05) is 17.3 Å². The zero-order chi connectivity index (χ0) is 25.7. The van der Waals surface area contributed by atoms with Crippen molar-refractivity contribution in [1.29, 1.82) is 5.26 Å². The number of fused-ring (bicyclic) bond motifs is 1. The van der Waals surface area contributed by atoms with E-state index in [1.807, 2.05) is 31.7 Å². The van der Waals surface area contributed by atoms with E-state index in [0.29, 0.717) is 41.7 Å². The van der Waals surface area contributed by atoms with Crippen molar-refractivity contribution in [1.82, 2.24) is 20.4 Å². The van der Waals surface area contributed by atoms with Gasteiger partial charge in [0.25, 0.3) is 5.89 Å². The monoisotopic (exact) mass is 489 g/mol. The molecule has 0 saturated heterocycles. The SMILES string of the molecule is CC(C)Oc1ccc(-c2nc(-c3ccc4c(c3)CCN(C(=O)CN[C@@H](C)CO)CC4)no2)cc1C#N. The van der Waals surface area contributed by atoms with E-state index < -0.39 is 0 Å². The van der Waals surface area contributed by atoms with Gasteiger partial charge in [0.2, 0.25) is 11.7 Å². The molecule has 1 amide bonds. The van der Waals surface area contributed by atoms with Gasteiger partial charge in [0.1, 0.15) is 11.8 Å². The van der Waals surface area contributed by atoms with Gasteiger partial charge in [-0.25, -0.2) is 0 Å². The van der Waals surface area contributed by atoms with Crippen molar-refractivity contribution in [2.45, 2.75) is 45.8 Å². The third-order valence-electron chi connectivity index (χ3n) is 6.13. The standard InChI is InChI=1S/C27H31N5O4/c1-17(2)35-24-7-6-22(13-23(24)14-28)27-30-26(31-36-27)21-5-4-19-8-10-32(11-9-20(19)12-21)25(34)15-29-18(3)16-33/h4-7,12-13,17-18,29,33H,8-11,15-16H2,1-3H3/t18-/m0/s1. The van der Waals surface area contributed by atoms with E-state index in [-0.39, 0.29) is 31.2 Å². The van der Waals surface area contributed by atoms with Crippen LogP contribution in [0, 0.1) is 11.3 Å². The topological polar surface area (TPSA) is 125 Å². The molecule has 0 unspecified atom stereocenters. The average molecular weight is 490 g/mol. The summed E-state index contributed by atoms with van der Waals surface area (Å²) >= 11 is 0. The Balaban J connectivity index is 1.48. The van der Waals surface area contributed by atoms with Gasteiger partial charge in [0.05, 0.1) is 24.8 Å². The molecule has 0 bridgehead atoms. The van der Waals surface area contributed by atoms with Gasteiger partial charge in [-0.3, -0.25) is 4.79 Å². The first-order chi connectivity index (χ1) is 17.4. The second kappa shape index (κ2) is 11.3. The molecule has 188 valence electrons. The van der Waals surface area contributed by atoms with Crippen molar-refractivity contribution >= 4 is 5.91 Å². The minimum Gasteiger partial charge on any atom is -0.490 e. The highest BCUT2D eigenvalue weighted by Gasteiger charge is 2.20. The second-order valence-electron chi connectivity index (χ2n) is 9.24. The third-order valence-corrected chi connectivity index (χ3v) is 6.13. The number of carbonyl (C=O) groups is 1. The molecule has 1 aliphatic rings. The minimum absolute atomic E-state index is 0.00333. The number of hydrogen-bond donors (Lipinski definition) is 2. The molecule has 3 aromatic rings. The lowest BCUT2D eigenvalue weighted by molar-refractivity contribution is -0.130. The molecule has 0 radical (unpaired) electrons. The summed E-state index contributed by atoms with van der Waals surface area (Å²) in [5.41, 5.74) is 4.25. The number of aliphatic hydroxyl groups excluding tert-OH is 1. The normalized spacial score (nSPS) is 14.2. The number of nitrogens with one attached hydrogen (secondary N) is 1. The largest absolute Gasteiger partial charge is 0.490 e. The number of ether oxygens (including phenoxy) is 1. The predicted molar refractivity (Wildman–Crippen MR) is 134 cm³/mol. The highest BCUT2D eigenvalue weighted by molar-refractivity contribution is 5.78. The highest BCUT2D eigenvalue weighted by atomic mass is 16.5. The molecule has 1 aliphatic heterocycles. The summed E-state index contributed by atoms with van der Waals surface area (Å²) in [6.45, 7) is 7.16. The summed E-state index contributed by atoms with van der Waals surface area (Å²) in [7, 11) is 0. The van der Waals surface area contributed by atoms with Crippen LogP contribution in [-0.2, 0) is 17.6 Å². The maximum Gasteiger partial charge on any atom is 0.258 e. The zero-order valence-electron chi connectivity index (χ0n) is 20.8. The Morgan fingerprint density at radius 2 is 1.92 bits per heavy atom. The molecule has 2 heterocycles. The van der Waals surface area contributed by atoms with Gasteiger partial charge in [-0.2, -0.15) is 10.2 Å². The molecule has 1 atom stereocenters. The fourth-order valence-electron chi connectivity index (χ4n) is 4.12. The lowest BCUT2D eigenvalue weighted by Crippen LogP contribution is -2.42. The first-order valence-corrected chi connectivity index (χ1v) is 12.2. The number of aromatic nitrogens is 2. The van der Waals surface area contributed by atoms with Crippen LogP contribution in [0.1, 0.15) is 37.5 Å². The van der Waals surface area contributed by atoms with Gasteiger partial charge in [-0.15, -0.1) is 0 Å². The molecule has 36 heavy (non-hydrogen) atoms. The molecule has 9 nitrogen and oxygen atoms in total. The average Bonchev–Trinajstić information content (AvgIpc) is 3.28. The van der Waals surface area contributed by atoms with E-state index in [1.54, 1.807) is 18.2 Å². The number of nitriles is 1. The molecule has 0 fully saturated rings. The Morgan fingerprint density at radius 3 is 2.64 bits per heavy atom. The number of amides is 1. The number of hydrogen-bond acceptors (Lipinski definition) is 8. The smallest absolute Gasteiger partial charge is 0.258 e. The molecule has 0 aliphatic carbocycles. The summed E-state index contributed by atoms with van der Waals surface area (Å²) in [5, 5.41) is 25.9. The van der Waals surface area contributed by atoms with Crippen LogP contribution < -0.4 is 10.1 Å². The summed E-state index contributed by atoms with van der Waals surface area (Å²) < 4.78 is 11.2. The fourth-order valence-corrected chi connectivity index (χ4v) is 4.12. The van der Waals surface area contributed by atoms with Crippen LogP contribution in [0.4, 0.5) is 0 Å². The van der Waals surface area contributed by atoms with Crippen molar-refractivity contribution in [3.8, 4) is 34.7 Å². The maximum absolute atomic E-state index is 12.6. The lowest BCUT2D eigenvalue weighted by Gasteiger charge is -2.21. The number of nitrogens with zero attached hydrogens (tertiary/aromatic N) is 4. The Bertz CT molecular complexity index is 1260. The van der Waals surface area contributed by atoms with Crippen LogP contribution >= 0.6 is 0 Å². The van der Waals surface area contributed by atoms with E-state index in [2.05, 4.69) is 33.7 Å². The van der Waals surface area contributed by atoms with Gasteiger partial charge in [0, 0.05) is 30.3 Å². The van der Waals surface area contributed by atoms with E-state index in [1.165, 1.54) is 5.56 Å². The van der Waals surface area contributed by atoms with Crippen LogP contribution in [0.15, 0.2) is 40.9 Å². The van der Waals surface area contributed by atoms with E-state index >= 15 is 0 Å². The number of carbonyl (C=O) groups excluding carboxylic acids is 1. The summed E-state index contributed by atoms with van der Waals surface area (Å²) in [6.07, 6.45) is 1.47. The summed E-state index contributed by atoms with van der Waals surface area (Å²) in [5.74, 6) is 1.35. The zero-order valence-corrected chi connectivity index (χ0v) is 20.8. The maximum atomic E-state index is 12.6. The molecule has 0 saturated carbocycles. The van der Waals surface area contributed by atoms with Crippen LogP contribution in [0.25, 0.3) is 22.8 Å². The first-order valence-electron chi connectivity index (χ1n) is 12.2. The molecular weight excluding hydrogens is 458 g/mol. The molecule has 2 N–H and O–H groups in total. The second-order valence-corrected chi connectivity index (χ2v) is 9.24. The Morgan fingerprint density at radius 1 is 1.17 bits per heavy atom. The van der Waals surface area contributed by atoms with Gasteiger partial charge >= 0.3 is 0 Å². The Kier molecular flexibility index (Phi) is 7.98. The van der Waals surface area contributed by atoms with Crippen molar-refractivity contribution in [3.05, 3.63) is 53.1 Å². The fraction of sp³-hybridized carbons (Fsp3) is 0.407. The van der Waals surface area contributed by atoms with Gasteiger partial charge < -0.3 is 24.6 Å². The predicted octanol–water partition coefficient (Wildman–Crippen LogP) is 2.96. The first kappa shape index (κ1) is 25.4. The van der Waals surface area contributed by atoms with Crippen molar-refractivity contribution < 1.29 is 19.2 Å². The Hall–Kier alpha value is -3.74. The van der Waals surface area contributed by atoms with Crippen LogP contribution in [0.3, 0.4) is 0 Å². The number of aliphatic hydroxyl groups is 1. The molecule has 1 aromatic heterocycles.